The van der Waals surface area contributed by atoms with Crippen LogP contribution < -0.4 is 0 Å². The highest BCUT2D eigenvalue weighted by molar-refractivity contribution is 9.09. The fourth-order valence-corrected chi connectivity index (χ4v) is 3.53. The average Bonchev–Trinajstić information content (AvgIpc) is 2.82. The van der Waals surface area contributed by atoms with Gasteiger partial charge in [0, 0.05) is 11.9 Å². The standard InChI is InChI=1S/C13H25BrN2/c14-11-13-5-3-8-16(12-13)10-4-9-15-6-1-2-7-15/h13H,1-12H2. The molecule has 0 aromatic carbocycles. The number of halogens is 1. The normalized spacial score (nSPS) is 28.7. The predicted octanol–water partition coefficient (Wildman–Crippen LogP) is 2.58. The van der Waals surface area contributed by atoms with Crippen molar-refractivity contribution in [3.63, 3.8) is 0 Å². The minimum absolute atomic E-state index is 0.903. The number of alkyl halides is 1. The van der Waals surface area contributed by atoms with Crippen molar-refractivity contribution in [2.75, 3.05) is 44.6 Å². The third-order valence-corrected chi connectivity index (χ3v) is 4.88. The van der Waals surface area contributed by atoms with Crippen molar-refractivity contribution in [3.05, 3.63) is 0 Å². The van der Waals surface area contributed by atoms with Crippen LogP contribution in [0.25, 0.3) is 0 Å². The highest BCUT2D eigenvalue weighted by atomic mass is 79.9. The minimum Gasteiger partial charge on any atom is -0.303 e. The second-order valence-corrected chi connectivity index (χ2v) is 6.01. The topological polar surface area (TPSA) is 6.48 Å². The Kier molecular flexibility index (Phi) is 5.60. The van der Waals surface area contributed by atoms with Crippen molar-refractivity contribution >= 4 is 15.9 Å². The van der Waals surface area contributed by atoms with Gasteiger partial charge in [-0.25, -0.2) is 0 Å². The summed E-state index contributed by atoms with van der Waals surface area (Å²) >= 11 is 3.63. The maximum Gasteiger partial charge on any atom is 0.00718 e. The van der Waals surface area contributed by atoms with Crippen LogP contribution in [0.15, 0.2) is 0 Å². The van der Waals surface area contributed by atoms with E-state index in [0.29, 0.717) is 0 Å². The first-order valence-corrected chi connectivity index (χ1v) is 8.01. The molecule has 2 heterocycles. The van der Waals surface area contributed by atoms with Crippen LogP contribution in [0, 0.1) is 5.92 Å². The molecule has 0 saturated carbocycles. The lowest BCUT2D eigenvalue weighted by Crippen LogP contribution is -2.37. The number of hydrogen-bond donors (Lipinski definition) is 0. The maximum atomic E-state index is 3.63. The lowest BCUT2D eigenvalue weighted by molar-refractivity contribution is 0.176. The molecular formula is C13H25BrN2. The molecule has 2 aliphatic rings. The van der Waals surface area contributed by atoms with E-state index in [2.05, 4.69) is 25.7 Å². The van der Waals surface area contributed by atoms with Crippen molar-refractivity contribution in [2.24, 2.45) is 5.92 Å². The Morgan fingerprint density at radius 1 is 0.938 bits per heavy atom. The zero-order chi connectivity index (χ0) is 11.2. The number of rotatable bonds is 5. The summed E-state index contributed by atoms with van der Waals surface area (Å²) in [5, 5.41) is 1.19. The van der Waals surface area contributed by atoms with Crippen LogP contribution in [0.2, 0.25) is 0 Å². The Labute approximate surface area is 108 Å². The summed E-state index contributed by atoms with van der Waals surface area (Å²) in [5.74, 6) is 0.903. The highest BCUT2D eigenvalue weighted by Gasteiger charge is 2.18. The largest absolute Gasteiger partial charge is 0.303 e. The average molecular weight is 289 g/mol. The Balaban J connectivity index is 1.58. The Bertz CT molecular complexity index is 192. The fourth-order valence-electron chi connectivity index (χ4n) is 3.00. The third kappa shape index (κ3) is 4.01. The molecule has 2 fully saturated rings. The molecule has 0 aliphatic carbocycles. The number of nitrogens with zero attached hydrogens (tertiary/aromatic N) is 2. The van der Waals surface area contributed by atoms with E-state index in [0.717, 1.165) is 5.92 Å². The zero-order valence-corrected chi connectivity index (χ0v) is 11.9. The van der Waals surface area contributed by atoms with E-state index in [-0.39, 0.29) is 0 Å². The Hall–Kier alpha value is 0.400. The smallest absolute Gasteiger partial charge is 0.00718 e. The van der Waals surface area contributed by atoms with Crippen molar-refractivity contribution in [2.45, 2.75) is 32.1 Å². The van der Waals surface area contributed by atoms with Gasteiger partial charge in [-0.2, -0.15) is 0 Å². The van der Waals surface area contributed by atoms with E-state index < -0.39 is 0 Å². The summed E-state index contributed by atoms with van der Waals surface area (Å²) in [6, 6.07) is 0. The SMILES string of the molecule is BrCC1CCCN(CCCN2CCCC2)C1. The molecule has 1 unspecified atom stereocenters. The molecule has 2 rings (SSSR count). The molecule has 16 heavy (non-hydrogen) atoms. The summed E-state index contributed by atoms with van der Waals surface area (Å²) in [7, 11) is 0. The molecule has 1 atom stereocenters. The summed E-state index contributed by atoms with van der Waals surface area (Å²) in [6.07, 6.45) is 7.05. The van der Waals surface area contributed by atoms with Crippen LogP contribution in [-0.2, 0) is 0 Å². The molecule has 0 amide bonds. The first-order valence-electron chi connectivity index (χ1n) is 6.89. The van der Waals surface area contributed by atoms with E-state index in [4.69, 9.17) is 0 Å². The van der Waals surface area contributed by atoms with Crippen LogP contribution in [0.4, 0.5) is 0 Å². The Morgan fingerprint density at radius 3 is 2.38 bits per heavy atom. The highest BCUT2D eigenvalue weighted by Crippen LogP contribution is 2.18. The van der Waals surface area contributed by atoms with E-state index >= 15 is 0 Å². The molecule has 0 bridgehead atoms. The summed E-state index contributed by atoms with van der Waals surface area (Å²) in [4.78, 5) is 5.30. The van der Waals surface area contributed by atoms with Gasteiger partial charge in [0.15, 0.2) is 0 Å². The fraction of sp³-hybridized carbons (Fsp3) is 1.00. The predicted molar refractivity (Wildman–Crippen MR) is 73.2 cm³/mol. The van der Waals surface area contributed by atoms with Crippen LogP contribution in [0.5, 0.6) is 0 Å². The lowest BCUT2D eigenvalue weighted by Gasteiger charge is -2.32. The molecule has 3 heteroatoms. The molecule has 94 valence electrons. The molecule has 0 N–H and O–H groups in total. The first-order chi connectivity index (χ1) is 7.88. The Morgan fingerprint density at radius 2 is 1.62 bits per heavy atom. The van der Waals surface area contributed by atoms with Gasteiger partial charge >= 0.3 is 0 Å². The van der Waals surface area contributed by atoms with Gasteiger partial charge in [-0.3, -0.25) is 0 Å². The van der Waals surface area contributed by atoms with Crippen LogP contribution in [0.3, 0.4) is 0 Å². The van der Waals surface area contributed by atoms with Crippen LogP contribution in [0.1, 0.15) is 32.1 Å². The van der Waals surface area contributed by atoms with Crippen LogP contribution >= 0.6 is 15.9 Å². The van der Waals surface area contributed by atoms with Gasteiger partial charge in [0.2, 0.25) is 0 Å². The maximum absolute atomic E-state index is 3.63. The number of hydrogen-bond acceptors (Lipinski definition) is 2. The second-order valence-electron chi connectivity index (χ2n) is 5.37. The zero-order valence-electron chi connectivity index (χ0n) is 10.3. The number of likely N-dealkylation sites (tertiary alicyclic amines) is 2. The van der Waals surface area contributed by atoms with E-state index in [1.54, 1.807) is 0 Å². The molecule has 2 aliphatic heterocycles. The molecular weight excluding hydrogens is 264 g/mol. The van der Waals surface area contributed by atoms with Gasteiger partial charge in [0.05, 0.1) is 0 Å². The molecule has 2 nitrogen and oxygen atoms in total. The first kappa shape index (κ1) is 12.8. The van der Waals surface area contributed by atoms with E-state index in [9.17, 15) is 0 Å². The van der Waals surface area contributed by atoms with Crippen molar-refractivity contribution < 1.29 is 0 Å². The van der Waals surface area contributed by atoms with Gasteiger partial charge in [0.25, 0.3) is 0 Å². The molecule has 0 spiro atoms. The van der Waals surface area contributed by atoms with Gasteiger partial charge in [-0.1, -0.05) is 15.9 Å². The summed E-state index contributed by atoms with van der Waals surface area (Å²) in [5.41, 5.74) is 0. The van der Waals surface area contributed by atoms with E-state index in [1.165, 1.54) is 76.7 Å². The quantitative estimate of drug-likeness (QED) is 0.718. The van der Waals surface area contributed by atoms with E-state index in [1.807, 2.05) is 0 Å². The molecule has 2 saturated heterocycles. The number of piperidine rings is 1. The van der Waals surface area contributed by atoms with Crippen molar-refractivity contribution in [1.82, 2.24) is 9.80 Å². The van der Waals surface area contributed by atoms with Gasteiger partial charge < -0.3 is 9.80 Å². The molecule has 0 aromatic heterocycles. The van der Waals surface area contributed by atoms with Crippen LogP contribution in [-0.4, -0.2) is 54.4 Å². The molecule has 0 aromatic rings. The minimum atomic E-state index is 0.903. The van der Waals surface area contributed by atoms with Gasteiger partial charge in [-0.05, 0) is 70.7 Å². The molecule has 0 radical (unpaired) electrons. The monoisotopic (exact) mass is 288 g/mol. The second kappa shape index (κ2) is 6.97. The third-order valence-electron chi connectivity index (χ3n) is 3.97. The van der Waals surface area contributed by atoms with Gasteiger partial charge in [-0.15, -0.1) is 0 Å². The van der Waals surface area contributed by atoms with Crippen molar-refractivity contribution in [1.29, 1.82) is 0 Å². The summed E-state index contributed by atoms with van der Waals surface area (Å²) < 4.78 is 0. The van der Waals surface area contributed by atoms with Crippen molar-refractivity contribution in [3.8, 4) is 0 Å². The lowest BCUT2D eigenvalue weighted by atomic mass is 10.0. The summed E-state index contributed by atoms with van der Waals surface area (Å²) in [6.45, 7) is 8.01. The van der Waals surface area contributed by atoms with Gasteiger partial charge in [0.1, 0.15) is 0 Å².